The van der Waals surface area contributed by atoms with E-state index < -0.39 is 11.2 Å². The van der Waals surface area contributed by atoms with Crippen LogP contribution in [0.4, 0.5) is 5.82 Å². The number of nitrogens with one attached hydrogen (secondary N) is 1. The molecule has 0 bridgehead atoms. The van der Waals surface area contributed by atoms with Gasteiger partial charge in [0.05, 0.1) is 12.6 Å². The van der Waals surface area contributed by atoms with Crippen LogP contribution in [0.15, 0.2) is 33.9 Å². The zero-order valence-electron chi connectivity index (χ0n) is 17.2. The van der Waals surface area contributed by atoms with Gasteiger partial charge in [-0.3, -0.25) is 13.9 Å². The van der Waals surface area contributed by atoms with Crippen LogP contribution in [0.3, 0.4) is 0 Å². The van der Waals surface area contributed by atoms with Crippen molar-refractivity contribution in [2.45, 2.75) is 39.7 Å². The van der Waals surface area contributed by atoms with E-state index in [2.05, 4.69) is 19.2 Å². The first-order valence-corrected chi connectivity index (χ1v) is 9.50. The summed E-state index contributed by atoms with van der Waals surface area (Å²) in [6.07, 6.45) is 1.62. The highest BCUT2D eigenvalue weighted by molar-refractivity contribution is 5.53. The zero-order valence-corrected chi connectivity index (χ0v) is 17.2. The van der Waals surface area contributed by atoms with Crippen LogP contribution < -0.4 is 21.3 Å². The Morgan fingerprint density at radius 3 is 2.46 bits per heavy atom. The molecule has 2 rings (SSSR count). The van der Waals surface area contributed by atoms with Crippen molar-refractivity contribution >= 4 is 5.82 Å². The van der Waals surface area contributed by atoms with Gasteiger partial charge in [0.25, 0.3) is 5.56 Å². The minimum absolute atomic E-state index is 0.0784. The average Bonchev–Trinajstić information content (AvgIpc) is 2.68. The Morgan fingerprint density at radius 2 is 1.86 bits per heavy atom. The number of anilines is 1. The van der Waals surface area contributed by atoms with E-state index in [0.717, 1.165) is 28.7 Å². The molecule has 1 heterocycles. The summed E-state index contributed by atoms with van der Waals surface area (Å²) in [6.45, 7) is 6.83. The van der Waals surface area contributed by atoms with Gasteiger partial charge in [0.15, 0.2) is 5.56 Å². The standard InChI is InChI=1S/C21H28N4O3/c1-6-11-28-18-10-8-7-9-15(18)17(12-14(2)3)23-19-16(13-22)20(26)25(5)21(27)24(19)4/h7-10,14,17,23H,6,11-12H2,1-5H3. The topological polar surface area (TPSA) is 89.1 Å². The average molecular weight is 384 g/mol. The van der Waals surface area contributed by atoms with E-state index >= 15 is 0 Å². The van der Waals surface area contributed by atoms with Crippen LogP contribution in [0, 0.1) is 17.2 Å². The van der Waals surface area contributed by atoms with Gasteiger partial charge in [-0.2, -0.15) is 5.26 Å². The molecule has 0 aliphatic heterocycles. The summed E-state index contributed by atoms with van der Waals surface area (Å²) in [7, 11) is 2.92. The van der Waals surface area contributed by atoms with Crippen LogP contribution in [0.5, 0.6) is 5.75 Å². The van der Waals surface area contributed by atoms with E-state index in [4.69, 9.17) is 4.74 Å². The third-order valence-electron chi connectivity index (χ3n) is 4.55. The molecule has 1 unspecified atom stereocenters. The predicted octanol–water partition coefficient (Wildman–Crippen LogP) is 2.94. The molecule has 150 valence electrons. The lowest BCUT2D eigenvalue weighted by Crippen LogP contribution is -2.40. The molecule has 0 fully saturated rings. The van der Waals surface area contributed by atoms with Crippen LogP contribution in [-0.2, 0) is 14.1 Å². The molecule has 28 heavy (non-hydrogen) atoms. The first-order valence-electron chi connectivity index (χ1n) is 9.50. The third-order valence-corrected chi connectivity index (χ3v) is 4.55. The number of hydrogen-bond acceptors (Lipinski definition) is 5. The summed E-state index contributed by atoms with van der Waals surface area (Å²) in [5.74, 6) is 1.33. The number of hydrogen-bond donors (Lipinski definition) is 1. The molecule has 2 aromatic rings. The highest BCUT2D eigenvalue weighted by Crippen LogP contribution is 2.32. The van der Waals surface area contributed by atoms with E-state index in [1.54, 1.807) is 7.05 Å². The molecule has 7 nitrogen and oxygen atoms in total. The maximum atomic E-state index is 12.4. The van der Waals surface area contributed by atoms with Crippen molar-refractivity contribution in [1.82, 2.24) is 9.13 Å². The summed E-state index contributed by atoms with van der Waals surface area (Å²) in [5.41, 5.74) is -0.232. The zero-order chi connectivity index (χ0) is 20.8. The van der Waals surface area contributed by atoms with Crippen LogP contribution in [0.2, 0.25) is 0 Å². The van der Waals surface area contributed by atoms with Gasteiger partial charge in [-0.25, -0.2) is 4.79 Å². The molecule has 0 saturated carbocycles. The lowest BCUT2D eigenvalue weighted by atomic mass is 9.96. The van der Waals surface area contributed by atoms with Crippen molar-refractivity contribution in [1.29, 1.82) is 5.26 Å². The fourth-order valence-electron chi connectivity index (χ4n) is 3.13. The largest absolute Gasteiger partial charge is 0.493 e. The Kier molecular flexibility index (Phi) is 7.05. The lowest BCUT2D eigenvalue weighted by Gasteiger charge is -2.26. The molecule has 0 radical (unpaired) electrons. The molecule has 1 aromatic heterocycles. The Bertz CT molecular complexity index is 983. The van der Waals surface area contributed by atoms with Crippen LogP contribution in [0.1, 0.15) is 50.8 Å². The van der Waals surface area contributed by atoms with Crippen molar-refractivity contribution in [2.24, 2.45) is 20.0 Å². The number of nitriles is 1. The minimum atomic E-state index is -0.605. The van der Waals surface area contributed by atoms with Crippen molar-refractivity contribution in [3.05, 3.63) is 56.2 Å². The van der Waals surface area contributed by atoms with Gasteiger partial charge < -0.3 is 10.1 Å². The molecule has 0 spiro atoms. The Morgan fingerprint density at radius 1 is 1.18 bits per heavy atom. The van der Waals surface area contributed by atoms with Crippen molar-refractivity contribution in [3.63, 3.8) is 0 Å². The van der Waals surface area contributed by atoms with Gasteiger partial charge in [-0.1, -0.05) is 39.0 Å². The highest BCUT2D eigenvalue weighted by atomic mass is 16.5. The van der Waals surface area contributed by atoms with Gasteiger partial charge in [-0.15, -0.1) is 0 Å². The summed E-state index contributed by atoms with van der Waals surface area (Å²) in [6, 6.07) is 9.44. The van der Waals surface area contributed by atoms with Crippen molar-refractivity contribution in [2.75, 3.05) is 11.9 Å². The number of nitrogens with zero attached hydrogens (tertiary/aromatic N) is 3. The quantitative estimate of drug-likeness (QED) is 0.756. The van der Waals surface area contributed by atoms with Crippen molar-refractivity contribution < 1.29 is 4.74 Å². The summed E-state index contributed by atoms with van der Waals surface area (Å²) >= 11 is 0. The van der Waals surface area contributed by atoms with Crippen molar-refractivity contribution in [3.8, 4) is 11.8 Å². The molecule has 1 N–H and O–H groups in total. The molecule has 1 atom stereocenters. The molecule has 0 aliphatic carbocycles. The molecular formula is C21H28N4O3. The monoisotopic (exact) mass is 384 g/mol. The molecule has 0 saturated heterocycles. The van der Waals surface area contributed by atoms with Gasteiger partial charge >= 0.3 is 5.69 Å². The van der Waals surface area contributed by atoms with Gasteiger partial charge in [0.1, 0.15) is 17.6 Å². The van der Waals surface area contributed by atoms with Gasteiger partial charge in [0, 0.05) is 19.7 Å². The summed E-state index contributed by atoms with van der Waals surface area (Å²) in [5, 5.41) is 12.8. The van der Waals surface area contributed by atoms with E-state index in [-0.39, 0.29) is 17.4 Å². The summed E-state index contributed by atoms with van der Waals surface area (Å²) < 4.78 is 8.15. The van der Waals surface area contributed by atoms with E-state index in [0.29, 0.717) is 12.5 Å². The fourth-order valence-corrected chi connectivity index (χ4v) is 3.13. The maximum Gasteiger partial charge on any atom is 0.332 e. The second-order valence-electron chi connectivity index (χ2n) is 7.25. The van der Waals surface area contributed by atoms with E-state index in [9.17, 15) is 14.9 Å². The number of rotatable bonds is 8. The molecule has 1 aromatic carbocycles. The third kappa shape index (κ3) is 4.45. The van der Waals surface area contributed by atoms with Gasteiger partial charge in [0.2, 0.25) is 0 Å². The van der Waals surface area contributed by atoms with Gasteiger partial charge in [-0.05, 0) is 24.8 Å². The number of aromatic nitrogens is 2. The summed E-state index contributed by atoms with van der Waals surface area (Å²) in [4.78, 5) is 24.8. The smallest absolute Gasteiger partial charge is 0.332 e. The lowest BCUT2D eigenvalue weighted by molar-refractivity contribution is 0.311. The molecular weight excluding hydrogens is 356 g/mol. The second kappa shape index (κ2) is 9.27. The van der Waals surface area contributed by atoms with Crippen LogP contribution in [0.25, 0.3) is 0 Å². The van der Waals surface area contributed by atoms with Crippen LogP contribution in [-0.4, -0.2) is 15.7 Å². The molecule has 0 aliphatic rings. The number of benzene rings is 1. The SMILES string of the molecule is CCCOc1ccccc1C(CC(C)C)Nc1c(C#N)c(=O)n(C)c(=O)n1C. The number of ether oxygens (including phenoxy) is 1. The predicted molar refractivity (Wildman–Crippen MR) is 110 cm³/mol. The normalized spacial score (nSPS) is 11.9. The van der Waals surface area contributed by atoms with E-state index in [1.807, 2.05) is 37.3 Å². The Balaban J connectivity index is 2.59. The van der Waals surface area contributed by atoms with Crippen LogP contribution >= 0.6 is 0 Å². The number of para-hydroxylation sites is 1. The second-order valence-corrected chi connectivity index (χ2v) is 7.25. The minimum Gasteiger partial charge on any atom is -0.493 e. The Hall–Kier alpha value is -3.01. The Labute approximate surface area is 165 Å². The molecule has 7 heteroatoms. The maximum absolute atomic E-state index is 12.4. The fraction of sp³-hybridized carbons (Fsp3) is 0.476. The van der Waals surface area contributed by atoms with E-state index in [1.165, 1.54) is 11.6 Å². The highest BCUT2D eigenvalue weighted by Gasteiger charge is 2.22. The first kappa shape index (κ1) is 21.3. The first-order chi connectivity index (χ1) is 13.3. The molecule has 0 amide bonds.